The Balaban J connectivity index is 2.25. The molecule has 0 aromatic heterocycles. The van der Waals surface area contributed by atoms with Crippen molar-refractivity contribution in [3.63, 3.8) is 0 Å². The lowest BCUT2D eigenvalue weighted by atomic mass is 10.1. The normalized spacial score (nSPS) is 22.2. The zero-order valence-electron chi connectivity index (χ0n) is 8.38. The minimum Gasteiger partial charge on any atom is -0.392 e. The lowest BCUT2D eigenvalue weighted by Crippen LogP contribution is -2.24. The van der Waals surface area contributed by atoms with Gasteiger partial charge in [0.1, 0.15) is 0 Å². The third-order valence-corrected chi connectivity index (χ3v) is 2.24. The molecule has 1 aliphatic heterocycles. The van der Waals surface area contributed by atoms with E-state index in [0.29, 0.717) is 13.2 Å². The van der Waals surface area contributed by atoms with Crippen LogP contribution in [0.15, 0.2) is 11.6 Å². The van der Waals surface area contributed by atoms with Gasteiger partial charge in [0.15, 0.2) is 5.79 Å². The van der Waals surface area contributed by atoms with Crippen LogP contribution in [0.4, 0.5) is 0 Å². The summed E-state index contributed by atoms with van der Waals surface area (Å²) >= 11 is 0. The summed E-state index contributed by atoms with van der Waals surface area (Å²) < 4.78 is 10.9. The van der Waals surface area contributed by atoms with E-state index in [0.717, 1.165) is 18.4 Å². The van der Waals surface area contributed by atoms with Gasteiger partial charge in [0.05, 0.1) is 19.8 Å². The average Bonchev–Trinajstić information content (AvgIpc) is 2.52. The fourth-order valence-corrected chi connectivity index (χ4v) is 1.35. The molecule has 0 aromatic rings. The van der Waals surface area contributed by atoms with Gasteiger partial charge >= 0.3 is 0 Å². The molecule has 0 radical (unpaired) electrons. The van der Waals surface area contributed by atoms with E-state index < -0.39 is 5.79 Å². The Morgan fingerprint density at radius 3 is 2.62 bits per heavy atom. The van der Waals surface area contributed by atoms with Crippen LogP contribution in [0.1, 0.15) is 26.7 Å². The summed E-state index contributed by atoms with van der Waals surface area (Å²) in [6.07, 6.45) is 3.77. The van der Waals surface area contributed by atoms with Crippen molar-refractivity contribution in [3.8, 4) is 0 Å². The van der Waals surface area contributed by atoms with Gasteiger partial charge in [-0.05, 0) is 20.3 Å². The van der Waals surface area contributed by atoms with Crippen LogP contribution in [0.2, 0.25) is 0 Å². The highest BCUT2D eigenvalue weighted by atomic mass is 16.7. The Labute approximate surface area is 79.3 Å². The van der Waals surface area contributed by atoms with Gasteiger partial charge in [-0.3, -0.25) is 0 Å². The van der Waals surface area contributed by atoms with Crippen molar-refractivity contribution in [1.82, 2.24) is 0 Å². The first-order valence-corrected chi connectivity index (χ1v) is 4.71. The fourth-order valence-electron chi connectivity index (χ4n) is 1.35. The summed E-state index contributed by atoms with van der Waals surface area (Å²) in [7, 11) is 0. The summed E-state index contributed by atoms with van der Waals surface area (Å²) in [5.74, 6) is -0.397. The van der Waals surface area contributed by atoms with Crippen molar-refractivity contribution < 1.29 is 14.6 Å². The summed E-state index contributed by atoms with van der Waals surface area (Å²) in [6, 6.07) is 0. The van der Waals surface area contributed by atoms with E-state index in [1.165, 1.54) is 0 Å². The van der Waals surface area contributed by atoms with E-state index >= 15 is 0 Å². The Hall–Kier alpha value is -0.380. The molecule has 0 amide bonds. The van der Waals surface area contributed by atoms with Crippen molar-refractivity contribution in [2.75, 3.05) is 19.8 Å². The largest absolute Gasteiger partial charge is 0.392 e. The van der Waals surface area contributed by atoms with Crippen molar-refractivity contribution in [3.05, 3.63) is 11.6 Å². The maximum absolute atomic E-state index is 8.76. The van der Waals surface area contributed by atoms with Crippen molar-refractivity contribution in [2.24, 2.45) is 0 Å². The standard InChI is InChI=1S/C10H18O3/c1-9(8-11)4-3-5-10(2)12-6-7-13-10/h4,11H,3,5-8H2,1-2H3/b9-4+. The molecule has 0 saturated carbocycles. The molecule has 0 aromatic carbocycles. The molecule has 1 N–H and O–H groups in total. The van der Waals surface area contributed by atoms with Gasteiger partial charge in [-0.25, -0.2) is 0 Å². The number of allylic oxidation sites excluding steroid dienone is 1. The maximum atomic E-state index is 8.76. The molecule has 0 aliphatic carbocycles. The second-order valence-electron chi connectivity index (χ2n) is 3.58. The fraction of sp³-hybridized carbons (Fsp3) is 0.800. The molecule has 1 heterocycles. The van der Waals surface area contributed by atoms with Gasteiger partial charge in [0.2, 0.25) is 0 Å². The Bertz CT molecular complexity index is 181. The molecular formula is C10H18O3. The number of rotatable bonds is 4. The first-order valence-electron chi connectivity index (χ1n) is 4.71. The molecule has 3 nitrogen and oxygen atoms in total. The molecule has 0 unspecified atom stereocenters. The van der Waals surface area contributed by atoms with Gasteiger partial charge in [0.25, 0.3) is 0 Å². The van der Waals surface area contributed by atoms with E-state index in [9.17, 15) is 0 Å². The average molecular weight is 186 g/mol. The predicted octanol–water partition coefficient (Wildman–Crippen LogP) is 1.47. The number of aliphatic hydroxyl groups is 1. The molecule has 13 heavy (non-hydrogen) atoms. The molecular weight excluding hydrogens is 168 g/mol. The molecule has 1 fully saturated rings. The lowest BCUT2D eigenvalue weighted by molar-refractivity contribution is -0.145. The van der Waals surface area contributed by atoms with Gasteiger partial charge in [-0.15, -0.1) is 0 Å². The van der Waals surface area contributed by atoms with Crippen LogP contribution in [-0.2, 0) is 9.47 Å². The first-order chi connectivity index (χ1) is 6.16. The quantitative estimate of drug-likeness (QED) is 0.676. The van der Waals surface area contributed by atoms with Gasteiger partial charge in [0, 0.05) is 6.42 Å². The molecule has 1 rings (SSSR count). The minimum atomic E-state index is -0.397. The molecule has 0 spiro atoms. The van der Waals surface area contributed by atoms with Crippen LogP contribution in [0.3, 0.4) is 0 Å². The van der Waals surface area contributed by atoms with Gasteiger partial charge < -0.3 is 14.6 Å². The van der Waals surface area contributed by atoms with Crippen LogP contribution < -0.4 is 0 Å². The SMILES string of the molecule is C/C(=C\CCC1(C)OCCO1)CO. The van der Waals surface area contributed by atoms with Crippen molar-refractivity contribution in [2.45, 2.75) is 32.5 Å². The highest BCUT2D eigenvalue weighted by Crippen LogP contribution is 2.24. The van der Waals surface area contributed by atoms with Crippen molar-refractivity contribution in [1.29, 1.82) is 0 Å². The smallest absolute Gasteiger partial charge is 0.166 e. The molecule has 3 heteroatoms. The maximum Gasteiger partial charge on any atom is 0.166 e. The second-order valence-corrected chi connectivity index (χ2v) is 3.58. The second kappa shape index (κ2) is 4.74. The van der Waals surface area contributed by atoms with Gasteiger partial charge in [-0.1, -0.05) is 11.6 Å². The lowest BCUT2D eigenvalue weighted by Gasteiger charge is -2.21. The number of hydrogen-bond acceptors (Lipinski definition) is 3. The van der Waals surface area contributed by atoms with Crippen LogP contribution in [0.5, 0.6) is 0 Å². The third-order valence-electron chi connectivity index (χ3n) is 2.24. The topological polar surface area (TPSA) is 38.7 Å². The third kappa shape index (κ3) is 3.46. The summed E-state index contributed by atoms with van der Waals surface area (Å²) in [4.78, 5) is 0. The van der Waals surface area contributed by atoms with Crippen LogP contribution in [-0.4, -0.2) is 30.7 Å². The molecule has 1 saturated heterocycles. The molecule has 76 valence electrons. The number of aliphatic hydroxyl groups excluding tert-OH is 1. The molecule has 0 bridgehead atoms. The molecule has 1 aliphatic rings. The zero-order chi connectivity index (χ0) is 9.73. The summed E-state index contributed by atoms with van der Waals surface area (Å²) in [5.41, 5.74) is 1.00. The first kappa shape index (κ1) is 10.7. The number of hydrogen-bond donors (Lipinski definition) is 1. The van der Waals surface area contributed by atoms with E-state index in [1.54, 1.807) is 0 Å². The number of ether oxygens (including phenoxy) is 2. The van der Waals surface area contributed by atoms with E-state index in [1.807, 2.05) is 19.9 Å². The Morgan fingerprint density at radius 2 is 2.08 bits per heavy atom. The van der Waals surface area contributed by atoms with Crippen LogP contribution in [0, 0.1) is 0 Å². The van der Waals surface area contributed by atoms with E-state index in [2.05, 4.69) is 0 Å². The Morgan fingerprint density at radius 1 is 1.46 bits per heavy atom. The zero-order valence-corrected chi connectivity index (χ0v) is 8.38. The van der Waals surface area contributed by atoms with Gasteiger partial charge in [-0.2, -0.15) is 0 Å². The monoisotopic (exact) mass is 186 g/mol. The minimum absolute atomic E-state index is 0.137. The highest BCUT2D eigenvalue weighted by Gasteiger charge is 2.29. The summed E-state index contributed by atoms with van der Waals surface area (Å²) in [6.45, 7) is 5.40. The van der Waals surface area contributed by atoms with Crippen molar-refractivity contribution >= 4 is 0 Å². The highest BCUT2D eigenvalue weighted by molar-refractivity contribution is 4.97. The van der Waals surface area contributed by atoms with Crippen LogP contribution >= 0.6 is 0 Å². The Kier molecular flexibility index (Phi) is 3.90. The van der Waals surface area contributed by atoms with E-state index in [-0.39, 0.29) is 6.61 Å². The predicted molar refractivity (Wildman–Crippen MR) is 50.4 cm³/mol. The molecule has 0 atom stereocenters. The van der Waals surface area contributed by atoms with Crippen LogP contribution in [0.25, 0.3) is 0 Å². The van der Waals surface area contributed by atoms with E-state index in [4.69, 9.17) is 14.6 Å². The summed E-state index contributed by atoms with van der Waals surface area (Å²) in [5, 5.41) is 8.76.